The minimum Gasteiger partial charge on any atom is -0.330 e. The van der Waals surface area contributed by atoms with E-state index in [4.69, 9.17) is 0 Å². The summed E-state index contributed by atoms with van der Waals surface area (Å²) < 4.78 is 0. The molecule has 0 aliphatic carbocycles. The maximum Gasteiger partial charge on any atom is 0.243 e. The molecule has 0 spiro atoms. The zero-order chi connectivity index (χ0) is 27.4. The number of hydrogen-bond donors (Lipinski definition) is 0. The predicted octanol–water partition coefficient (Wildman–Crippen LogP) is 6.99. The van der Waals surface area contributed by atoms with Gasteiger partial charge in [-0.05, 0) is 60.4 Å². The fraction of sp³-hybridized carbons (Fsp3) is 0.294. The van der Waals surface area contributed by atoms with Gasteiger partial charge in [-0.15, -0.1) is 11.3 Å². The Labute approximate surface area is 235 Å². The fourth-order valence-electron chi connectivity index (χ4n) is 5.54. The van der Waals surface area contributed by atoms with Crippen LogP contribution in [-0.4, -0.2) is 40.7 Å². The molecule has 2 amide bonds. The average Bonchev–Trinajstić information content (AvgIpc) is 3.46. The molecular weight excluding hydrogens is 500 g/mol. The quantitative estimate of drug-likeness (QED) is 0.244. The Kier molecular flexibility index (Phi) is 8.27. The van der Waals surface area contributed by atoms with Crippen molar-refractivity contribution in [3.63, 3.8) is 0 Å². The number of aryl methyl sites for hydroxylation is 1. The summed E-state index contributed by atoms with van der Waals surface area (Å²) in [5, 5.41) is 2.12. The molecule has 0 fully saturated rings. The number of rotatable bonds is 8. The van der Waals surface area contributed by atoms with Gasteiger partial charge in [0.05, 0.1) is 12.0 Å². The molecule has 1 aliphatic heterocycles. The first-order valence-corrected chi connectivity index (χ1v) is 14.7. The molecule has 1 aliphatic rings. The van der Waals surface area contributed by atoms with E-state index in [0.29, 0.717) is 6.54 Å². The highest BCUT2D eigenvalue weighted by Gasteiger charge is 2.36. The van der Waals surface area contributed by atoms with Crippen LogP contribution in [0.15, 0.2) is 96.4 Å². The van der Waals surface area contributed by atoms with Gasteiger partial charge in [-0.2, -0.15) is 0 Å². The van der Waals surface area contributed by atoms with Gasteiger partial charge in [0.1, 0.15) is 6.54 Å². The van der Waals surface area contributed by atoms with Crippen molar-refractivity contribution in [2.24, 2.45) is 0 Å². The first-order chi connectivity index (χ1) is 19.0. The van der Waals surface area contributed by atoms with Crippen LogP contribution in [0.4, 0.5) is 0 Å². The zero-order valence-corrected chi connectivity index (χ0v) is 23.7. The highest BCUT2D eigenvalue weighted by atomic mass is 32.1. The summed E-state index contributed by atoms with van der Waals surface area (Å²) in [5.74, 6) is -0.506. The van der Waals surface area contributed by atoms with Crippen molar-refractivity contribution in [2.75, 3.05) is 13.1 Å². The molecule has 4 aromatic rings. The average molecular weight is 537 g/mol. The van der Waals surface area contributed by atoms with Gasteiger partial charge in [-0.25, -0.2) is 0 Å². The lowest BCUT2D eigenvalue weighted by molar-refractivity contribution is -0.143. The van der Waals surface area contributed by atoms with Crippen LogP contribution < -0.4 is 0 Å². The molecule has 2 atom stereocenters. The molecule has 5 rings (SSSR count). The topological polar surface area (TPSA) is 40.6 Å². The van der Waals surface area contributed by atoms with Crippen LogP contribution in [0.25, 0.3) is 0 Å². The van der Waals surface area contributed by atoms with E-state index >= 15 is 0 Å². The van der Waals surface area contributed by atoms with Crippen molar-refractivity contribution in [3.05, 3.63) is 129 Å². The van der Waals surface area contributed by atoms with Gasteiger partial charge in [0, 0.05) is 17.5 Å². The van der Waals surface area contributed by atoms with Crippen molar-refractivity contribution in [3.8, 4) is 0 Å². The van der Waals surface area contributed by atoms with E-state index < -0.39 is 5.92 Å². The van der Waals surface area contributed by atoms with E-state index in [0.717, 1.165) is 29.5 Å². The smallest absolute Gasteiger partial charge is 0.243 e. The summed E-state index contributed by atoms with van der Waals surface area (Å²) in [7, 11) is 0. The van der Waals surface area contributed by atoms with E-state index in [1.807, 2.05) is 77.4 Å². The first kappa shape index (κ1) is 26.9. The van der Waals surface area contributed by atoms with E-state index in [-0.39, 0.29) is 30.4 Å². The van der Waals surface area contributed by atoms with Gasteiger partial charge in [0.2, 0.25) is 11.8 Å². The standard InChI is InChI=1S/C34H36N2O2S/c1-4-25(3)36(34(38)32(26-11-7-5-8-12-26)27-13-9-6-10-14-27)23-31(37)35-21-19-30-29(20-22-39-30)33(35)28-17-15-24(2)16-18-28/h5-18,20,22,25,32-33H,4,19,21,23H2,1-3H3. The SMILES string of the molecule is CCC(C)N(CC(=O)N1CCc2sccc2C1c1ccc(C)cc1)C(=O)C(c1ccccc1)c1ccccc1. The molecule has 0 N–H and O–H groups in total. The number of nitrogens with zero attached hydrogens (tertiary/aromatic N) is 2. The Bertz CT molecular complexity index is 1360. The molecule has 3 aromatic carbocycles. The van der Waals surface area contributed by atoms with Gasteiger partial charge < -0.3 is 9.80 Å². The highest BCUT2D eigenvalue weighted by Crippen LogP contribution is 2.38. The molecule has 0 bridgehead atoms. The second-order valence-corrected chi connectivity index (χ2v) is 11.4. The summed E-state index contributed by atoms with van der Waals surface area (Å²) in [6.45, 7) is 6.90. The molecule has 0 saturated heterocycles. The maximum atomic E-state index is 14.4. The Balaban J connectivity index is 1.48. The molecule has 39 heavy (non-hydrogen) atoms. The molecule has 4 nitrogen and oxygen atoms in total. The van der Waals surface area contributed by atoms with Crippen LogP contribution in [0.3, 0.4) is 0 Å². The van der Waals surface area contributed by atoms with Crippen LogP contribution in [-0.2, 0) is 16.0 Å². The number of hydrogen-bond acceptors (Lipinski definition) is 3. The third-order valence-electron chi connectivity index (χ3n) is 7.90. The molecule has 2 unspecified atom stereocenters. The lowest BCUT2D eigenvalue weighted by Gasteiger charge is -2.39. The third-order valence-corrected chi connectivity index (χ3v) is 8.90. The minimum absolute atomic E-state index is 0.00838. The Morgan fingerprint density at radius 3 is 2.13 bits per heavy atom. The maximum absolute atomic E-state index is 14.4. The van der Waals surface area contributed by atoms with Crippen LogP contribution in [0.1, 0.15) is 64.9 Å². The first-order valence-electron chi connectivity index (χ1n) is 13.8. The summed E-state index contributed by atoms with van der Waals surface area (Å²) in [6.07, 6.45) is 1.61. The van der Waals surface area contributed by atoms with Crippen molar-refractivity contribution < 1.29 is 9.59 Å². The number of carbonyl (C=O) groups is 2. The van der Waals surface area contributed by atoms with E-state index in [1.165, 1.54) is 16.0 Å². The van der Waals surface area contributed by atoms with Gasteiger partial charge >= 0.3 is 0 Å². The second kappa shape index (κ2) is 12.0. The van der Waals surface area contributed by atoms with Gasteiger partial charge in [0.25, 0.3) is 0 Å². The molecule has 1 aromatic heterocycles. The molecule has 0 radical (unpaired) electrons. The number of amides is 2. The van der Waals surface area contributed by atoms with Gasteiger partial charge in [-0.1, -0.05) is 97.4 Å². The molecule has 5 heteroatoms. The second-order valence-electron chi connectivity index (χ2n) is 10.4. The normalized spacial score (nSPS) is 15.6. The summed E-state index contributed by atoms with van der Waals surface area (Å²) in [5.41, 5.74) is 5.39. The largest absolute Gasteiger partial charge is 0.330 e. The predicted molar refractivity (Wildman–Crippen MR) is 159 cm³/mol. The Hall–Kier alpha value is -3.70. The number of carbonyl (C=O) groups excluding carboxylic acids is 2. The fourth-order valence-corrected chi connectivity index (χ4v) is 6.44. The summed E-state index contributed by atoms with van der Waals surface area (Å²) in [6, 6.07) is 30.2. The lowest BCUT2D eigenvalue weighted by atomic mass is 9.89. The van der Waals surface area contributed by atoms with E-state index in [1.54, 1.807) is 11.3 Å². The van der Waals surface area contributed by atoms with Crippen molar-refractivity contribution in [2.45, 2.75) is 51.6 Å². The van der Waals surface area contributed by atoms with Crippen molar-refractivity contribution in [1.82, 2.24) is 9.80 Å². The monoisotopic (exact) mass is 536 g/mol. The van der Waals surface area contributed by atoms with Crippen molar-refractivity contribution >= 4 is 23.2 Å². The minimum atomic E-state index is -0.466. The van der Waals surface area contributed by atoms with Crippen LogP contribution >= 0.6 is 11.3 Å². The van der Waals surface area contributed by atoms with Crippen LogP contribution in [0.5, 0.6) is 0 Å². The van der Waals surface area contributed by atoms with Gasteiger partial charge in [0.15, 0.2) is 0 Å². The van der Waals surface area contributed by atoms with Crippen LogP contribution in [0, 0.1) is 6.92 Å². The van der Waals surface area contributed by atoms with E-state index in [9.17, 15) is 9.59 Å². The summed E-state index contributed by atoms with van der Waals surface area (Å²) in [4.78, 5) is 33.6. The van der Waals surface area contributed by atoms with E-state index in [2.05, 4.69) is 49.6 Å². The lowest BCUT2D eigenvalue weighted by Crippen LogP contribution is -2.50. The Morgan fingerprint density at radius 1 is 0.923 bits per heavy atom. The van der Waals surface area contributed by atoms with Crippen molar-refractivity contribution in [1.29, 1.82) is 0 Å². The zero-order valence-electron chi connectivity index (χ0n) is 22.9. The molecule has 200 valence electrons. The third kappa shape index (κ3) is 5.69. The summed E-state index contributed by atoms with van der Waals surface area (Å²) >= 11 is 1.76. The molecule has 2 heterocycles. The van der Waals surface area contributed by atoms with Crippen LogP contribution in [0.2, 0.25) is 0 Å². The number of benzene rings is 3. The molecule has 0 saturated carbocycles. The van der Waals surface area contributed by atoms with Gasteiger partial charge in [-0.3, -0.25) is 9.59 Å². The molecular formula is C34H36N2O2S. The number of thiophene rings is 1. The number of fused-ring (bicyclic) bond motifs is 1. The highest BCUT2D eigenvalue weighted by molar-refractivity contribution is 7.10. The Morgan fingerprint density at radius 2 is 1.54 bits per heavy atom.